The lowest BCUT2D eigenvalue weighted by atomic mass is 9.53. The molecule has 5 rings (SSSR count). The van der Waals surface area contributed by atoms with Crippen LogP contribution in [-0.2, 0) is 4.79 Å². The van der Waals surface area contributed by atoms with Crippen molar-refractivity contribution in [3.05, 3.63) is 0 Å². The van der Waals surface area contributed by atoms with E-state index in [2.05, 4.69) is 10.6 Å². The van der Waals surface area contributed by atoms with Gasteiger partial charge in [-0.25, -0.2) is 4.79 Å². The zero-order chi connectivity index (χ0) is 18.0. The van der Waals surface area contributed by atoms with Gasteiger partial charge in [0.25, 0.3) is 0 Å². The van der Waals surface area contributed by atoms with Gasteiger partial charge in [0.2, 0.25) is 0 Å². The first-order valence-electron chi connectivity index (χ1n) is 10.2. The number of rotatable bonds is 2. The molecule has 25 heavy (non-hydrogen) atoms. The molecule has 0 radical (unpaired) electrons. The molecule has 0 aromatic rings. The van der Waals surface area contributed by atoms with Gasteiger partial charge < -0.3 is 10.6 Å². The molecule has 5 fully saturated rings. The lowest BCUT2D eigenvalue weighted by Gasteiger charge is -2.57. The highest BCUT2D eigenvalue weighted by molar-refractivity contribution is 5.90. The summed E-state index contributed by atoms with van der Waals surface area (Å²) in [5.41, 5.74) is -0.672. The van der Waals surface area contributed by atoms with Crippen LogP contribution in [0, 0.1) is 28.6 Å². The molecular formula is C21H34N2O2. The molecular weight excluding hydrogens is 312 g/mol. The average molecular weight is 347 g/mol. The van der Waals surface area contributed by atoms with Crippen molar-refractivity contribution < 1.29 is 9.59 Å². The van der Waals surface area contributed by atoms with Crippen LogP contribution in [0.25, 0.3) is 0 Å². The van der Waals surface area contributed by atoms with Crippen LogP contribution in [0.5, 0.6) is 0 Å². The molecule has 4 heteroatoms. The third-order valence-corrected chi connectivity index (χ3v) is 7.49. The Labute approximate surface area is 151 Å². The van der Waals surface area contributed by atoms with Crippen LogP contribution in [0.1, 0.15) is 79.1 Å². The molecule has 140 valence electrons. The zero-order valence-corrected chi connectivity index (χ0v) is 16.3. The van der Waals surface area contributed by atoms with E-state index in [1.165, 1.54) is 38.5 Å². The van der Waals surface area contributed by atoms with E-state index in [4.69, 9.17) is 0 Å². The summed E-state index contributed by atoms with van der Waals surface area (Å²) in [5.74, 6) is 2.81. The van der Waals surface area contributed by atoms with E-state index in [9.17, 15) is 9.59 Å². The highest BCUT2D eigenvalue weighted by Crippen LogP contribution is 2.55. The zero-order valence-electron chi connectivity index (χ0n) is 16.3. The highest BCUT2D eigenvalue weighted by Gasteiger charge is 2.52. The van der Waals surface area contributed by atoms with Gasteiger partial charge in [-0.3, -0.25) is 4.79 Å². The van der Waals surface area contributed by atoms with Crippen LogP contribution in [0.2, 0.25) is 0 Å². The van der Waals surface area contributed by atoms with Crippen molar-refractivity contribution in [1.29, 1.82) is 0 Å². The van der Waals surface area contributed by atoms with Crippen molar-refractivity contribution >= 4 is 11.8 Å². The summed E-state index contributed by atoms with van der Waals surface area (Å²) in [4.78, 5) is 25.4. The first-order valence-corrected chi connectivity index (χ1v) is 10.2. The molecule has 0 aliphatic heterocycles. The molecule has 0 spiro atoms. The van der Waals surface area contributed by atoms with Gasteiger partial charge in [-0.1, -0.05) is 27.7 Å². The van der Waals surface area contributed by atoms with Crippen molar-refractivity contribution in [2.75, 3.05) is 0 Å². The topological polar surface area (TPSA) is 58.2 Å². The SMILES string of the molecule is CC1(C)CC(NC(=O)NC23CC4CC(CC(C4)C2)C3)CC(C)(C)C1=O. The third kappa shape index (κ3) is 3.10. The number of nitrogens with one attached hydrogen (secondary N) is 2. The Balaban J connectivity index is 1.40. The second-order valence-corrected chi connectivity index (χ2v) is 11.0. The smallest absolute Gasteiger partial charge is 0.315 e. The first kappa shape index (κ1) is 17.4. The average Bonchev–Trinajstić information content (AvgIpc) is 2.41. The normalized spacial score (nSPS) is 41.6. The number of carbonyl (C=O) groups is 2. The molecule has 4 bridgehead atoms. The van der Waals surface area contributed by atoms with Gasteiger partial charge >= 0.3 is 6.03 Å². The van der Waals surface area contributed by atoms with Gasteiger partial charge in [-0.2, -0.15) is 0 Å². The Morgan fingerprint density at radius 1 is 0.840 bits per heavy atom. The maximum atomic E-state index is 12.8. The van der Waals surface area contributed by atoms with E-state index in [0.717, 1.165) is 30.6 Å². The van der Waals surface area contributed by atoms with E-state index in [1.807, 2.05) is 27.7 Å². The van der Waals surface area contributed by atoms with E-state index < -0.39 is 0 Å². The first-order chi connectivity index (χ1) is 11.6. The minimum Gasteiger partial charge on any atom is -0.335 e. The van der Waals surface area contributed by atoms with Gasteiger partial charge in [0.05, 0.1) is 0 Å². The lowest BCUT2D eigenvalue weighted by Crippen LogP contribution is -2.63. The highest BCUT2D eigenvalue weighted by atomic mass is 16.2. The Kier molecular flexibility index (Phi) is 3.80. The largest absolute Gasteiger partial charge is 0.335 e. The van der Waals surface area contributed by atoms with E-state index >= 15 is 0 Å². The Bertz CT molecular complexity index is 537. The molecule has 4 nitrogen and oxygen atoms in total. The summed E-state index contributed by atoms with van der Waals surface area (Å²) in [6.07, 6.45) is 9.15. The molecule has 2 amide bonds. The van der Waals surface area contributed by atoms with Gasteiger partial charge in [0.1, 0.15) is 5.78 Å². The van der Waals surface area contributed by atoms with Crippen LogP contribution in [0.15, 0.2) is 0 Å². The second-order valence-electron chi connectivity index (χ2n) is 11.0. The number of hydrogen-bond donors (Lipinski definition) is 2. The third-order valence-electron chi connectivity index (χ3n) is 7.49. The molecule has 5 saturated carbocycles. The maximum absolute atomic E-state index is 12.8. The molecule has 0 saturated heterocycles. The van der Waals surface area contributed by atoms with Gasteiger partial charge in [0, 0.05) is 22.4 Å². The van der Waals surface area contributed by atoms with Gasteiger partial charge in [0.15, 0.2) is 0 Å². The summed E-state index contributed by atoms with van der Waals surface area (Å²) in [6.45, 7) is 8.06. The fourth-order valence-electron chi connectivity index (χ4n) is 7.23. The Morgan fingerprint density at radius 3 is 1.72 bits per heavy atom. The minimum atomic E-state index is -0.361. The fraction of sp³-hybridized carbons (Fsp3) is 0.905. The molecule has 0 unspecified atom stereocenters. The molecule has 2 N–H and O–H groups in total. The van der Waals surface area contributed by atoms with Crippen LogP contribution < -0.4 is 10.6 Å². The summed E-state index contributed by atoms with van der Waals surface area (Å²) in [7, 11) is 0. The van der Waals surface area contributed by atoms with Crippen molar-refractivity contribution in [1.82, 2.24) is 10.6 Å². The number of Topliss-reactive ketones (excluding diaryl/α,β-unsaturated/α-hetero) is 1. The van der Waals surface area contributed by atoms with Crippen LogP contribution in [-0.4, -0.2) is 23.4 Å². The minimum absolute atomic E-state index is 0.00658. The van der Waals surface area contributed by atoms with E-state index in [0.29, 0.717) is 5.78 Å². The number of ketones is 1. The van der Waals surface area contributed by atoms with E-state index in [1.54, 1.807) is 0 Å². The molecule has 0 aromatic carbocycles. The molecule has 5 aliphatic carbocycles. The van der Waals surface area contributed by atoms with Crippen LogP contribution in [0.3, 0.4) is 0 Å². The number of hydrogen-bond acceptors (Lipinski definition) is 2. The van der Waals surface area contributed by atoms with Crippen LogP contribution in [0.4, 0.5) is 4.79 Å². The van der Waals surface area contributed by atoms with Crippen molar-refractivity contribution in [3.63, 3.8) is 0 Å². The summed E-state index contributed by atoms with van der Waals surface area (Å²) < 4.78 is 0. The summed E-state index contributed by atoms with van der Waals surface area (Å²) in [6, 6.07) is 0.0736. The fourth-order valence-corrected chi connectivity index (χ4v) is 7.23. The summed E-state index contributed by atoms with van der Waals surface area (Å²) >= 11 is 0. The van der Waals surface area contributed by atoms with Crippen molar-refractivity contribution in [3.8, 4) is 0 Å². The second kappa shape index (κ2) is 5.47. The molecule has 0 atom stereocenters. The number of carbonyl (C=O) groups excluding carboxylic acids is 2. The predicted octanol–water partition coefficient (Wildman–Crippen LogP) is 4.04. The molecule has 0 aromatic heterocycles. The number of urea groups is 1. The predicted molar refractivity (Wildman–Crippen MR) is 98.2 cm³/mol. The maximum Gasteiger partial charge on any atom is 0.315 e. The van der Waals surface area contributed by atoms with Crippen molar-refractivity contribution in [2.45, 2.75) is 90.6 Å². The van der Waals surface area contributed by atoms with Gasteiger partial charge in [-0.15, -0.1) is 0 Å². The molecule has 5 aliphatic rings. The Hall–Kier alpha value is -1.06. The number of amides is 2. The quantitative estimate of drug-likeness (QED) is 0.793. The van der Waals surface area contributed by atoms with Gasteiger partial charge in [-0.05, 0) is 69.1 Å². The molecule has 0 heterocycles. The monoisotopic (exact) mass is 346 g/mol. The van der Waals surface area contributed by atoms with Crippen LogP contribution >= 0.6 is 0 Å². The van der Waals surface area contributed by atoms with Crippen molar-refractivity contribution in [2.24, 2.45) is 28.6 Å². The summed E-state index contributed by atoms with van der Waals surface area (Å²) in [5, 5.41) is 6.63. The Morgan fingerprint density at radius 2 is 1.28 bits per heavy atom. The standard InChI is InChI=1S/C21H34N2O2/c1-19(2)11-16(12-20(3,4)17(19)24)22-18(25)23-21-8-13-5-14(9-21)7-15(6-13)10-21/h13-16H,5-12H2,1-4H3,(H2,22,23,25). The van der Waals surface area contributed by atoms with E-state index in [-0.39, 0.29) is 28.4 Å². The lowest BCUT2D eigenvalue weighted by molar-refractivity contribution is -0.140.